The lowest BCUT2D eigenvalue weighted by atomic mass is 10.1. The summed E-state index contributed by atoms with van der Waals surface area (Å²) in [6, 6.07) is 14.2. The molecular weight excluding hydrogens is 266 g/mol. The predicted molar refractivity (Wildman–Crippen MR) is 82.4 cm³/mol. The first-order chi connectivity index (χ1) is 10.2. The molecule has 3 rings (SSSR count). The smallest absolute Gasteiger partial charge is 0.178 e. The highest BCUT2D eigenvalue weighted by Gasteiger charge is 2.26. The van der Waals surface area contributed by atoms with Crippen LogP contribution in [0.15, 0.2) is 42.5 Å². The topological polar surface area (TPSA) is 41.9 Å². The summed E-state index contributed by atoms with van der Waals surface area (Å²) in [5.74, 6) is 0.783. The van der Waals surface area contributed by atoms with Crippen molar-refractivity contribution in [2.75, 3.05) is 26.3 Å². The standard InChI is InChI=1S/C17H21NO3/c1-13(19)17(18-8-10-20-11-9-18)21-16-7-6-14-4-2-3-5-15(14)12-16/h2-7,12-13,17,19H,8-11H2,1H3. The van der Waals surface area contributed by atoms with Crippen LogP contribution in [0.3, 0.4) is 0 Å². The molecule has 1 heterocycles. The fourth-order valence-electron chi connectivity index (χ4n) is 2.69. The Balaban J connectivity index is 1.80. The van der Waals surface area contributed by atoms with E-state index in [0.717, 1.165) is 24.2 Å². The van der Waals surface area contributed by atoms with Crippen LogP contribution in [0.2, 0.25) is 0 Å². The molecule has 0 aliphatic carbocycles. The SMILES string of the molecule is CC(O)C(Oc1ccc2ccccc2c1)N1CCOCC1. The van der Waals surface area contributed by atoms with Crippen LogP contribution in [-0.2, 0) is 4.74 Å². The summed E-state index contributed by atoms with van der Waals surface area (Å²) in [7, 11) is 0. The summed E-state index contributed by atoms with van der Waals surface area (Å²) >= 11 is 0. The average Bonchev–Trinajstić information content (AvgIpc) is 2.53. The Morgan fingerprint density at radius 2 is 1.81 bits per heavy atom. The van der Waals surface area contributed by atoms with Crippen molar-refractivity contribution < 1.29 is 14.6 Å². The number of hydrogen-bond acceptors (Lipinski definition) is 4. The van der Waals surface area contributed by atoms with Crippen LogP contribution in [0.5, 0.6) is 5.75 Å². The molecule has 0 amide bonds. The van der Waals surface area contributed by atoms with Crippen molar-refractivity contribution in [1.82, 2.24) is 4.90 Å². The van der Waals surface area contributed by atoms with E-state index in [4.69, 9.17) is 9.47 Å². The molecule has 0 saturated carbocycles. The van der Waals surface area contributed by atoms with Crippen molar-refractivity contribution >= 4 is 10.8 Å². The summed E-state index contributed by atoms with van der Waals surface area (Å²) in [5, 5.41) is 12.4. The largest absolute Gasteiger partial charge is 0.472 e. The van der Waals surface area contributed by atoms with Crippen LogP contribution < -0.4 is 4.74 Å². The van der Waals surface area contributed by atoms with Crippen LogP contribution in [0, 0.1) is 0 Å². The molecule has 1 aliphatic heterocycles. The van der Waals surface area contributed by atoms with Gasteiger partial charge in [0, 0.05) is 13.1 Å². The Bertz CT molecular complexity index is 593. The third kappa shape index (κ3) is 3.35. The molecule has 2 aromatic rings. The van der Waals surface area contributed by atoms with Crippen LogP contribution in [-0.4, -0.2) is 48.6 Å². The van der Waals surface area contributed by atoms with Gasteiger partial charge in [-0.2, -0.15) is 0 Å². The van der Waals surface area contributed by atoms with Gasteiger partial charge in [0.15, 0.2) is 6.23 Å². The zero-order valence-corrected chi connectivity index (χ0v) is 12.2. The normalized spacial score (nSPS) is 19.3. The van der Waals surface area contributed by atoms with Gasteiger partial charge in [0.25, 0.3) is 0 Å². The van der Waals surface area contributed by atoms with Gasteiger partial charge >= 0.3 is 0 Å². The second kappa shape index (κ2) is 6.43. The highest BCUT2D eigenvalue weighted by atomic mass is 16.5. The first kappa shape index (κ1) is 14.3. The molecule has 4 heteroatoms. The van der Waals surface area contributed by atoms with Crippen molar-refractivity contribution in [1.29, 1.82) is 0 Å². The number of nitrogens with zero attached hydrogens (tertiary/aromatic N) is 1. The molecule has 0 radical (unpaired) electrons. The van der Waals surface area contributed by atoms with Crippen molar-refractivity contribution in [3.63, 3.8) is 0 Å². The van der Waals surface area contributed by atoms with E-state index in [0.29, 0.717) is 13.2 Å². The molecule has 4 nitrogen and oxygen atoms in total. The number of morpholine rings is 1. The highest BCUT2D eigenvalue weighted by Crippen LogP contribution is 2.23. The van der Waals surface area contributed by atoms with Crippen molar-refractivity contribution in [2.45, 2.75) is 19.3 Å². The Morgan fingerprint density at radius 3 is 2.52 bits per heavy atom. The fourth-order valence-corrected chi connectivity index (χ4v) is 2.69. The Morgan fingerprint density at radius 1 is 1.10 bits per heavy atom. The lowest BCUT2D eigenvalue weighted by molar-refractivity contribution is -0.0941. The molecule has 0 spiro atoms. The number of aliphatic hydroxyl groups excluding tert-OH is 1. The minimum absolute atomic E-state index is 0.338. The van der Waals surface area contributed by atoms with E-state index in [-0.39, 0.29) is 6.23 Å². The van der Waals surface area contributed by atoms with Crippen molar-refractivity contribution in [2.24, 2.45) is 0 Å². The van der Waals surface area contributed by atoms with Gasteiger partial charge in [0.2, 0.25) is 0 Å². The van der Waals surface area contributed by atoms with Crippen LogP contribution in [0.4, 0.5) is 0 Å². The minimum atomic E-state index is -0.561. The number of ether oxygens (including phenoxy) is 2. The number of rotatable bonds is 4. The van der Waals surface area contributed by atoms with Gasteiger partial charge < -0.3 is 14.6 Å². The van der Waals surface area contributed by atoms with E-state index >= 15 is 0 Å². The zero-order chi connectivity index (χ0) is 14.7. The van der Waals surface area contributed by atoms with E-state index in [1.54, 1.807) is 6.92 Å². The van der Waals surface area contributed by atoms with E-state index in [1.165, 1.54) is 5.39 Å². The van der Waals surface area contributed by atoms with Gasteiger partial charge in [-0.25, -0.2) is 0 Å². The second-order valence-corrected chi connectivity index (χ2v) is 5.41. The molecule has 1 N–H and O–H groups in total. The second-order valence-electron chi connectivity index (χ2n) is 5.41. The molecule has 1 saturated heterocycles. The van der Waals surface area contributed by atoms with Gasteiger partial charge in [-0.15, -0.1) is 0 Å². The van der Waals surface area contributed by atoms with Gasteiger partial charge in [-0.05, 0) is 29.8 Å². The maximum absolute atomic E-state index is 10.0. The molecule has 1 aliphatic rings. The lowest BCUT2D eigenvalue weighted by Crippen LogP contribution is -2.51. The van der Waals surface area contributed by atoms with E-state index in [2.05, 4.69) is 17.0 Å². The predicted octanol–water partition coefficient (Wildman–Crippen LogP) is 2.26. The molecule has 0 aromatic heterocycles. The lowest BCUT2D eigenvalue weighted by Gasteiger charge is -2.35. The summed E-state index contributed by atoms with van der Waals surface area (Å²) in [6.45, 7) is 4.70. The maximum Gasteiger partial charge on any atom is 0.178 e. The average molecular weight is 287 g/mol. The molecule has 2 aromatic carbocycles. The van der Waals surface area contributed by atoms with Crippen LogP contribution >= 0.6 is 0 Å². The third-order valence-corrected chi connectivity index (χ3v) is 3.80. The first-order valence-electron chi connectivity index (χ1n) is 7.39. The van der Waals surface area contributed by atoms with Crippen molar-refractivity contribution in [3.05, 3.63) is 42.5 Å². The van der Waals surface area contributed by atoms with Crippen LogP contribution in [0.25, 0.3) is 10.8 Å². The first-order valence-corrected chi connectivity index (χ1v) is 7.39. The van der Waals surface area contributed by atoms with E-state index < -0.39 is 6.10 Å². The molecular formula is C17H21NO3. The van der Waals surface area contributed by atoms with Gasteiger partial charge in [-0.1, -0.05) is 30.3 Å². The zero-order valence-electron chi connectivity index (χ0n) is 12.2. The Hall–Kier alpha value is -1.62. The monoisotopic (exact) mass is 287 g/mol. The Kier molecular flexibility index (Phi) is 4.39. The maximum atomic E-state index is 10.0. The quantitative estimate of drug-likeness (QED) is 0.936. The van der Waals surface area contributed by atoms with E-state index in [1.807, 2.05) is 30.3 Å². The summed E-state index contributed by atoms with van der Waals surface area (Å²) < 4.78 is 11.4. The Labute approximate surface area is 124 Å². The summed E-state index contributed by atoms with van der Waals surface area (Å²) in [5.41, 5.74) is 0. The molecule has 0 bridgehead atoms. The number of fused-ring (bicyclic) bond motifs is 1. The van der Waals surface area contributed by atoms with Gasteiger partial charge in [0.1, 0.15) is 11.9 Å². The molecule has 112 valence electrons. The third-order valence-electron chi connectivity index (χ3n) is 3.80. The molecule has 2 unspecified atom stereocenters. The summed E-state index contributed by atoms with van der Waals surface area (Å²) in [4.78, 5) is 2.13. The fraction of sp³-hybridized carbons (Fsp3) is 0.412. The molecule has 2 atom stereocenters. The number of hydrogen-bond donors (Lipinski definition) is 1. The van der Waals surface area contributed by atoms with Gasteiger partial charge in [-0.3, -0.25) is 4.90 Å². The molecule has 1 fully saturated rings. The number of benzene rings is 2. The van der Waals surface area contributed by atoms with Gasteiger partial charge in [0.05, 0.1) is 13.2 Å². The van der Waals surface area contributed by atoms with Crippen molar-refractivity contribution in [3.8, 4) is 5.75 Å². The molecule has 21 heavy (non-hydrogen) atoms. The van der Waals surface area contributed by atoms with E-state index in [9.17, 15) is 5.11 Å². The minimum Gasteiger partial charge on any atom is -0.472 e. The summed E-state index contributed by atoms with van der Waals surface area (Å²) in [6.07, 6.45) is -0.898. The number of aliphatic hydroxyl groups is 1. The van der Waals surface area contributed by atoms with Crippen LogP contribution in [0.1, 0.15) is 6.92 Å². The highest BCUT2D eigenvalue weighted by molar-refractivity contribution is 5.83.